The molecule has 0 saturated heterocycles. The minimum Gasteiger partial charge on any atom is -0.494 e. The van der Waals surface area contributed by atoms with E-state index < -0.39 is 35.8 Å². The molecule has 0 aliphatic heterocycles. The molecule has 0 amide bonds. The molecule has 0 aromatic heterocycles. The Labute approximate surface area is 287 Å². The first-order valence-electron chi connectivity index (χ1n) is 16.5. The predicted molar refractivity (Wildman–Crippen MR) is 192 cm³/mol. The Morgan fingerprint density at radius 1 is 0.915 bits per heavy atom. The summed E-state index contributed by atoms with van der Waals surface area (Å²) in [6.07, 6.45) is 8.08. The van der Waals surface area contributed by atoms with Crippen LogP contribution in [0.3, 0.4) is 0 Å². The van der Waals surface area contributed by atoms with Crippen molar-refractivity contribution in [3.63, 3.8) is 0 Å². The number of rotatable bonds is 12. The Kier molecular flexibility index (Phi) is 24.1. The summed E-state index contributed by atoms with van der Waals surface area (Å²) in [5, 5.41) is 9.32. The minimum absolute atomic E-state index is 0.0565. The van der Waals surface area contributed by atoms with E-state index in [0.29, 0.717) is 18.6 Å². The highest BCUT2D eigenvalue weighted by molar-refractivity contribution is 6.25. The van der Waals surface area contributed by atoms with Crippen molar-refractivity contribution in [2.45, 2.75) is 93.1 Å². The van der Waals surface area contributed by atoms with Gasteiger partial charge in [0.2, 0.25) is 0 Å². The molecular weight excluding hydrogens is 616 g/mol. The summed E-state index contributed by atoms with van der Waals surface area (Å²) in [4.78, 5) is 35.2. The van der Waals surface area contributed by atoms with Gasteiger partial charge in [0.15, 0.2) is 6.10 Å². The van der Waals surface area contributed by atoms with E-state index in [1.807, 2.05) is 13.8 Å². The maximum atomic E-state index is 12.5. The third kappa shape index (κ3) is 18.2. The molecule has 0 heterocycles. The molecule has 47 heavy (non-hydrogen) atoms. The second kappa shape index (κ2) is 26.3. The number of carboxylic acid groups (broad SMARTS) is 1. The standard InChI is InChI=1S/C19H25ClO7.C15H16.C3H8.C2H6/c1-3-17(21)26-12-14(11-25-13(2)7-6-10-20)27-19(24)16-9-5-4-8-15(16)18(22)23;1-3-13-6-10-15(11-7-13)14-8-4-12(2)5-9-14;1-3-2;1-2/h3,6-7,10,14-16H,1,4-5,8-9,11-12H2,2H3,(H,22,23);4-11H,3H2,1-2H3;3H2,1-2H3;1-2H3/b10-6-,13-7+;;;. The number of esters is 2. The van der Waals surface area contributed by atoms with Crippen molar-refractivity contribution in [2.24, 2.45) is 11.8 Å². The van der Waals surface area contributed by atoms with E-state index in [2.05, 4.69) is 82.8 Å². The van der Waals surface area contributed by atoms with Gasteiger partial charge in [0.1, 0.15) is 13.2 Å². The summed E-state index contributed by atoms with van der Waals surface area (Å²) >= 11 is 5.44. The molecule has 3 atom stereocenters. The number of carboxylic acids is 1. The van der Waals surface area contributed by atoms with Crippen LogP contribution in [0, 0.1) is 18.8 Å². The largest absolute Gasteiger partial charge is 0.494 e. The van der Waals surface area contributed by atoms with Gasteiger partial charge in [-0.15, -0.1) is 0 Å². The van der Waals surface area contributed by atoms with Crippen LogP contribution in [0.5, 0.6) is 0 Å². The lowest BCUT2D eigenvalue weighted by molar-refractivity contribution is -0.169. The van der Waals surface area contributed by atoms with Crippen LogP contribution in [0.2, 0.25) is 0 Å². The Morgan fingerprint density at radius 2 is 1.43 bits per heavy atom. The van der Waals surface area contributed by atoms with E-state index in [0.717, 1.165) is 25.3 Å². The third-order valence-electron chi connectivity index (χ3n) is 6.89. The first-order valence-corrected chi connectivity index (χ1v) is 17.0. The second-order valence-corrected chi connectivity index (χ2v) is 11.0. The third-order valence-corrected chi connectivity index (χ3v) is 7.04. The van der Waals surface area contributed by atoms with Crippen molar-refractivity contribution in [1.29, 1.82) is 0 Å². The molecule has 0 bridgehead atoms. The number of hydrogen-bond donors (Lipinski definition) is 1. The average molecular weight is 671 g/mol. The monoisotopic (exact) mass is 670 g/mol. The van der Waals surface area contributed by atoms with E-state index in [-0.39, 0.29) is 13.2 Å². The molecular formula is C39H55ClO7. The first kappa shape index (κ1) is 43.2. The topological polar surface area (TPSA) is 99.1 Å². The lowest BCUT2D eigenvalue weighted by Crippen LogP contribution is -2.38. The Bertz CT molecular complexity index is 1230. The number of hydrogen-bond acceptors (Lipinski definition) is 6. The maximum absolute atomic E-state index is 12.5. The van der Waals surface area contributed by atoms with Crippen LogP contribution in [0.25, 0.3) is 11.1 Å². The van der Waals surface area contributed by atoms with E-state index in [4.69, 9.17) is 25.8 Å². The van der Waals surface area contributed by atoms with Gasteiger partial charge in [-0.3, -0.25) is 9.59 Å². The SMILES string of the molecule is C=CC(=O)OCC(CO/C(C)=C/C=C\Cl)OC(=O)C1CCCCC1C(=O)O.CC.CCC.CCc1ccc(-c2ccc(C)cc2)cc1. The Morgan fingerprint density at radius 3 is 1.91 bits per heavy atom. The zero-order chi connectivity index (χ0) is 35.6. The molecule has 1 aliphatic rings. The van der Waals surface area contributed by atoms with Crippen molar-refractivity contribution in [3.05, 3.63) is 95.8 Å². The van der Waals surface area contributed by atoms with E-state index in [9.17, 15) is 19.5 Å². The van der Waals surface area contributed by atoms with Gasteiger partial charge in [0.05, 0.1) is 17.6 Å². The van der Waals surface area contributed by atoms with Crippen LogP contribution in [-0.2, 0) is 35.0 Å². The van der Waals surface area contributed by atoms with E-state index in [1.54, 1.807) is 19.1 Å². The smallest absolute Gasteiger partial charge is 0.330 e. The molecule has 1 fully saturated rings. The maximum Gasteiger partial charge on any atom is 0.330 e. The summed E-state index contributed by atoms with van der Waals surface area (Å²) in [5.74, 6) is -3.25. The zero-order valence-corrected chi connectivity index (χ0v) is 30.1. The van der Waals surface area contributed by atoms with Crippen molar-refractivity contribution in [1.82, 2.24) is 0 Å². The summed E-state index contributed by atoms with van der Waals surface area (Å²) in [5.41, 5.74) is 6.61. The number of aryl methyl sites for hydroxylation is 2. The van der Waals surface area contributed by atoms with Gasteiger partial charge in [-0.2, -0.15) is 0 Å². The van der Waals surface area contributed by atoms with Crippen molar-refractivity contribution in [2.75, 3.05) is 13.2 Å². The molecule has 260 valence electrons. The number of ether oxygens (including phenoxy) is 3. The zero-order valence-electron chi connectivity index (χ0n) is 29.3. The highest BCUT2D eigenvalue weighted by Crippen LogP contribution is 2.31. The van der Waals surface area contributed by atoms with Crippen LogP contribution in [0.1, 0.15) is 84.8 Å². The molecule has 3 rings (SSSR count). The lowest BCUT2D eigenvalue weighted by atomic mass is 9.79. The number of aliphatic carboxylic acids is 1. The molecule has 2 aromatic rings. The summed E-state index contributed by atoms with van der Waals surface area (Å²) < 4.78 is 15.8. The van der Waals surface area contributed by atoms with Gasteiger partial charge >= 0.3 is 17.9 Å². The van der Waals surface area contributed by atoms with Gasteiger partial charge in [0.25, 0.3) is 0 Å². The number of carbonyl (C=O) groups is 3. The molecule has 1 aliphatic carbocycles. The van der Waals surface area contributed by atoms with Crippen LogP contribution in [0.4, 0.5) is 0 Å². The molecule has 8 heteroatoms. The normalized spacial score (nSPS) is 16.0. The molecule has 0 radical (unpaired) electrons. The van der Waals surface area contributed by atoms with Crippen molar-refractivity contribution in [3.8, 4) is 11.1 Å². The minimum atomic E-state index is -1.01. The molecule has 3 unspecified atom stereocenters. The quantitative estimate of drug-likeness (QED) is 0.104. The van der Waals surface area contributed by atoms with Gasteiger partial charge in [0, 0.05) is 11.6 Å². The molecule has 7 nitrogen and oxygen atoms in total. The summed E-state index contributed by atoms with van der Waals surface area (Å²) in [6.45, 7) is 17.3. The highest BCUT2D eigenvalue weighted by atomic mass is 35.5. The first-order chi connectivity index (χ1) is 22.6. The van der Waals surface area contributed by atoms with Gasteiger partial charge in [-0.25, -0.2) is 4.79 Å². The van der Waals surface area contributed by atoms with E-state index >= 15 is 0 Å². The average Bonchev–Trinajstić information content (AvgIpc) is 3.10. The number of allylic oxidation sites excluding steroid dienone is 3. The Hall–Kier alpha value is -3.84. The number of carbonyl (C=O) groups excluding carboxylic acids is 2. The number of halogens is 1. The van der Waals surface area contributed by atoms with Crippen LogP contribution < -0.4 is 0 Å². The Balaban J connectivity index is 0.000000882. The molecule has 1 N–H and O–H groups in total. The van der Waals surface area contributed by atoms with E-state index in [1.165, 1.54) is 34.2 Å². The highest BCUT2D eigenvalue weighted by Gasteiger charge is 2.38. The van der Waals surface area contributed by atoms with Gasteiger partial charge in [-0.05, 0) is 62.0 Å². The second-order valence-electron chi connectivity index (χ2n) is 10.8. The van der Waals surface area contributed by atoms with Crippen LogP contribution in [0.15, 0.2) is 84.6 Å². The lowest BCUT2D eigenvalue weighted by Gasteiger charge is -2.28. The molecule has 2 aromatic carbocycles. The van der Waals surface area contributed by atoms with Crippen molar-refractivity contribution < 1.29 is 33.7 Å². The summed E-state index contributed by atoms with van der Waals surface area (Å²) in [7, 11) is 0. The van der Waals surface area contributed by atoms with Gasteiger partial charge in [-0.1, -0.05) is 126 Å². The van der Waals surface area contributed by atoms with Crippen molar-refractivity contribution >= 4 is 29.5 Å². The van der Waals surface area contributed by atoms with Gasteiger partial charge < -0.3 is 19.3 Å². The fourth-order valence-electron chi connectivity index (χ4n) is 4.43. The fourth-order valence-corrected chi connectivity index (χ4v) is 4.51. The predicted octanol–water partition coefficient (Wildman–Crippen LogP) is 9.86. The van der Waals surface area contributed by atoms with Crippen LogP contribution in [-0.4, -0.2) is 42.3 Å². The molecule has 0 spiro atoms. The van der Waals surface area contributed by atoms with Crippen LogP contribution >= 0.6 is 11.6 Å². The molecule has 1 saturated carbocycles. The number of benzene rings is 2. The fraction of sp³-hybridized carbons (Fsp3) is 0.462. The summed E-state index contributed by atoms with van der Waals surface area (Å²) in [6, 6.07) is 17.5.